The van der Waals surface area contributed by atoms with Crippen LogP contribution in [0.4, 0.5) is 0 Å². The predicted octanol–water partition coefficient (Wildman–Crippen LogP) is 3.34. The molecule has 2 rings (SSSR count). The van der Waals surface area contributed by atoms with Crippen LogP contribution >= 0.6 is 0 Å². The highest BCUT2D eigenvalue weighted by atomic mass is 32.2. The minimum absolute atomic E-state index is 0.140. The molecule has 6 heteroatoms. The zero-order valence-corrected chi connectivity index (χ0v) is 14.6. The Hall–Kier alpha value is -2.18. The van der Waals surface area contributed by atoms with Gasteiger partial charge in [0.05, 0.1) is 11.5 Å². The minimum atomic E-state index is -3.80. The maximum atomic E-state index is 12.4. The summed E-state index contributed by atoms with van der Waals surface area (Å²) in [5, 5.41) is 0. The number of ether oxygens (including phenoxy) is 2. The third kappa shape index (κ3) is 5.47. The van der Waals surface area contributed by atoms with E-state index in [9.17, 15) is 8.42 Å². The molecular formula is C18H21NO4S. The number of hydrogen-bond acceptors (Lipinski definition) is 4. The van der Waals surface area contributed by atoms with Gasteiger partial charge in [0.1, 0.15) is 6.61 Å². The van der Waals surface area contributed by atoms with Crippen LogP contribution in [-0.2, 0) is 26.1 Å². The molecule has 0 amide bonds. The number of nitrogens with zero attached hydrogens (tertiary/aromatic N) is 1. The molecule has 0 aliphatic rings. The van der Waals surface area contributed by atoms with Crippen LogP contribution in [0.1, 0.15) is 17.5 Å². The SMILES string of the molecule is COCC/C(=N\S(=O)(=O)c1ccc(C)cc1)OCc1ccccc1. The fourth-order valence-corrected chi connectivity index (χ4v) is 2.97. The van der Waals surface area contributed by atoms with Gasteiger partial charge in [-0.1, -0.05) is 48.0 Å². The third-order valence-electron chi connectivity index (χ3n) is 3.31. The minimum Gasteiger partial charge on any atom is -0.475 e. The Bertz CT molecular complexity index is 768. The lowest BCUT2D eigenvalue weighted by Gasteiger charge is -2.09. The lowest BCUT2D eigenvalue weighted by atomic mass is 10.2. The molecule has 0 spiro atoms. The maximum Gasteiger partial charge on any atom is 0.285 e. The average molecular weight is 347 g/mol. The van der Waals surface area contributed by atoms with E-state index < -0.39 is 10.0 Å². The van der Waals surface area contributed by atoms with Gasteiger partial charge in [-0.3, -0.25) is 0 Å². The van der Waals surface area contributed by atoms with E-state index in [0.29, 0.717) is 6.61 Å². The highest BCUT2D eigenvalue weighted by molar-refractivity contribution is 7.90. The summed E-state index contributed by atoms with van der Waals surface area (Å²) >= 11 is 0. The summed E-state index contributed by atoms with van der Waals surface area (Å²) in [4.78, 5) is 0.145. The van der Waals surface area contributed by atoms with Gasteiger partial charge < -0.3 is 9.47 Å². The molecule has 0 N–H and O–H groups in total. The predicted molar refractivity (Wildman–Crippen MR) is 93.5 cm³/mol. The molecule has 0 radical (unpaired) electrons. The zero-order chi connectivity index (χ0) is 17.4. The molecule has 0 saturated heterocycles. The summed E-state index contributed by atoms with van der Waals surface area (Å²) in [6.07, 6.45) is 0.286. The Morgan fingerprint density at radius 3 is 2.33 bits per heavy atom. The highest BCUT2D eigenvalue weighted by Crippen LogP contribution is 2.14. The fraction of sp³-hybridized carbons (Fsp3) is 0.278. The van der Waals surface area contributed by atoms with Crippen molar-refractivity contribution in [3.8, 4) is 0 Å². The first kappa shape index (κ1) is 18.2. The van der Waals surface area contributed by atoms with E-state index in [-0.39, 0.29) is 23.8 Å². The van der Waals surface area contributed by atoms with E-state index in [1.807, 2.05) is 37.3 Å². The fourth-order valence-electron chi connectivity index (χ4n) is 1.97. The third-order valence-corrected chi connectivity index (χ3v) is 4.62. The first-order valence-corrected chi connectivity index (χ1v) is 9.01. The van der Waals surface area contributed by atoms with Crippen molar-refractivity contribution in [2.45, 2.75) is 24.8 Å². The van der Waals surface area contributed by atoms with E-state index in [0.717, 1.165) is 11.1 Å². The first-order valence-electron chi connectivity index (χ1n) is 7.57. The van der Waals surface area contributed by atoms with Crippen LogP contribution in [0.2, 0.25) is 0 Å². The van der Waals surface area contributed by atoms with Gasteiger partial charge >= 0.3 is 0 Å². The monoisotopic (exact) mass is 347 g/mol. The molecule has 0 aromatic heterocycles. The molecular weight excluding hydrogens is 326 g/mol. The van der Waals surface area contributed by atoms with Crippen LogP contribution in [0.15, 0.2) is 63.9 Å². The van der Waals surface area contributed by atoms with Crippen LogP contribution in [0.3, 0.4) is 0 Å². The van der Waals surface area contributed by atoms with Gasteiger partial charge in [-0.15, -0.1) is 4.40 Å². The molecule has 0 bridgehead atoms. The van der Waals surface area contributed by atoms with Crippen LogP contribution < -0.4 is 0 Å². The molecule has 2 aromatic rings. The number of rotatable bonds is 7. The first-order chi connectivity index (χ1) is 11.5. The van der Waals surface area contributed by atoms with E-state index in [1.165, 1.54) is 0 Å². The highest BCUT2D eigenvalue weighted by Gasteiger charge is 2.15. The van der Waals surface area contributed by atoms with Crippen molar-refractivity contribution in [2.24, 2.45) is 4.40 Å². The molecule has 0 unspecified atom stereocenters. The lowest BCUT2D eigenvalue weighted by molar-refractivity contribution is 0.195. The molecule has 0 atom stereocenters. The second-order valence-corrected chi connectivity index (χ2v) is 6.89. The number of aryl methyl sites for hydroxylation is 1. The van der Waals surface area contributed by atoms with Crippen molar-refractivity contribution >= 4 is 15.9 Å². The maximum absolute atomic E-state index is 12.4. The standard InChI is InChI=1S/C18H21NO4S/c1-15-8-10-17(11-9-15)24(20,21)19-18(12-13-22-2)23-14-16-6-4-3-5-7-16/h3-11H,12-14H2,1-2H3/b19-18+. The van der Waals surface area contributed by atoms with E-state index in [4.69, 9.17) is 9.47 Å². The Morgan fingerprint density at radius 1 is 1.04 bits per heavy atom. The summed E-state index contributed by atoms with van der Waals surface area (Å²) < 4.78 is 39.3. The summed E-state index contributed by atoms with van der Waals surface area (Å²) in [6, 6.07) is 16.1. The van der Waals surface area contributed by atoms with Crippen LogP contribution in [0.5, 0.6) is 0 Å². The second-order valence-electron chi connectivity index (χ2n) is 5.29. The summed E-state index contributed by atoms with van der Waals surface area (Å²) in [5.74, 6) is 0.140. The van der Waals surface area contributed by atoms with Crippen LogP contribution in [-0.4, -0.2) is 28.0 Å². The van der Waals surface area contributed by atoms with E-state index >= 15 is 0 Å². The molecule has 0 aliphatic heterocycles. The van der Waals surface area contributed by atoms with Crippen LogP contribution in [0.25, 0.3) is 0 Å². The van der Waals surface area contributed by atoms with Gasteiger partial charge in [-0.25, -0.2) is 0 Å². The van der Waals surface area contributed by atoms with Gasteiger partial charge in [-0.05, 0) is 24.6 Å². The number of benzene rings is 2. The summed E-state index contributed by atoms with van der Waals surface area (Å²) in [7, 11) is -2.26. The Balaban J connectivity index is 2.18. The number of hydrogen-bond donors (Lipinski definition) is 0. The zero-order valence-electron chi connectivity index (χ0n) is 13.8. The molecule has 0 aliphatic carbocycles. The van der Waals surface area contributed by atoms with Gasteiger partial charge in [0.15, 0.2) is 0 Å². The van der Waals surface area contributed by atoms with Gasteiger partial charge in [0, 0.05) is 13.5 Å². The molecule has 0 heterocycles. The van der Waals surface area contributed by atoms with E-state index in [2.05, 4.69) is 4.40 Å². The topological polar surface area (TPSA) is 65.0 Å². The molecule has 5 nitrogen and oxygen atoms in total. The normalized spacial score (nSPS) is 12.2. The van der Waals surface area contributed by atoms with E-state index in [1.54, 1.807) is 31.4 Å². The van der Waals surface area contributed by atoms with Crippen molar-refractivity contribution in [3.63, 3.8) is 0 Å². The van der Waals surface area contributed by atoms with Crippen LogP contribution in [0, 0.1) is 6.92 Å². The van der Waals surface area contributed by atoms with Crippen molar-refractivity contribution in [1.29, 1.82) is 0 Å². The van der Waals surface area contributed by atoms with Gasteiger partial charge in [-0.2, -0.15) is 8.42 Å². The quantitative estimate of drug-likeness (QED) is 0.569. The number of sulfonamides is 1. The molecule has 24 heavy (non-hydrogen) atoms. The lowest BCUT2D eigenvalue weighted by Crippen LogP contribution is -2.12. The van der Waals surface area contributed by atoms with Gasteiger partial charge in [0.25, 0.3) is 10.0 Å². The molecule has 0 fully saturated rings. The van der Waals surface area contributed by atoms with Crippen molar-refractivity contribution in [1.82, 2.24) is 0 Å². The molecule has 2 aromatic carbocycles. The smallest absolute Gasteiger partial charge is 0.285 e. The Labute approximate surface area is 143 Å². The average Bonchev–Trinajstić information content (AvgIpc) is 2.58. The van der Waals surface area contributed by atoms with Crippen molar-refractivity contribution in [3.05, 3.63) is 65.7 Å². The molecule has 0 saturated carbocycles. The van der Waals surface area contributed by atoms with Crippen molar-refractivity contribution in [2.75, 3.05) is 13.7 Å². The van der Waals surface area contributed by atoms with Gasteiger partial charge in [0.2, 0.25) is 5.90 Å². The summed E-state index contributed by atoms with van der Waals surface area (Å²) in [6.45, 7) is 2.48. The molecule has 128 valence electrons. The van der Waals surface area contributed by atoms with Crippen molar-refractivity contribution < 1.29 is 17.9 Å². The second kappa shape index (κ2) is 8.61. The summed E-state index contributed by atoms with van der Waals surface area (Å²) in [5.41, 5.74) is 1.92. The largest absolute Gasteiger partial charge is 0.475 e. The number of methoxy groups -OCH3 is 1. The Kier molecular flexibility index (Phi) is 6.52. The Morgan fingerprint density at radius 2 is 1.71 bits per heavy atom.